The lowest BCUT2D eigenvalue weighted by Gasteiger charge is -2.16. The fraction of sp³-hybridized carbons (Fsp3) is 0.300. The molecule has 2 aromatic carbocycles. The highest BCUT2D eigenvalue weighted by molar-refractivity contribution is 5.94. The van der Waals surface area contributed by atoms with Crippen LogP contribution >= 0.6 is 0 Å². The maximum Gasteiger partial charge on any atom is 0.293 e. The highest BCUT2D eigenvalue weighted by Gasteiger charge is 2.17. The molecule has 1 heterocycles. The quantitative estimate of drug-likeness (QED) is 0.393. The Morgan fingerprint density at radius 2 is 1.89 bits per heavy atom. The van der Waals surface area contributed by atoms with Crippen LogP contribution in [0.5, 0.6) is 0 Å². The van der Waals surface area contributed by atoms with E-state index in [4.69, 9.17) is 0 Å². The molecule has 0 spiro atoms. The number of fused-ring (bicyclic) bond motifs is 1. The predicted octanol–water partition coefficient (Wildman–Crippen LogP) is 4.40. The number of benzene rings is 2. The van der Waals surface area contributed by atoms with E-state index in [1.807, 2.05) is 31.2 Å². The second kappa shape index (κ2) is 8.51. The summed E-state index contributed by atoms with van der Waals surface area (Å²) in [5, 5.41) is 21.8. The average molecular weight is 380 g/mol. The highest BCUT2D eigenvalue weighted by atomic mass is 16.6. The molecule has 1 aromatic heterocycles. The zero-order valence-corrected chi connectivity index (χ0v) is 16.2. The van der Waals surface area contributed by atoms with E-state index in [-0.39, 0.29) is 5.69 Å². The van der Waals surface area contributed by atoms with Crippen molar-refractivity contribution in [1.82, 2.24) is 9.97 Å². The van der Waals surface area contributed by atoms with Gasteiger partial charge in [0.05, 0.1) is 10.4 Å². The van der Waals surface area contributed by atoms with Crippen molar-refractivity contribution in [1.29, 1.82) is 0 Å². The third kappa shape index (κ3) is 4.28. The number of nitrogens with one attached hydrogen (secondary N) is 3. The molecule has 8 heteroatoms. The van der Waals surface area contributed by atoms with E-state index < -0.39 is 4.92 Å². The lowest BCUT2D eigenvalue weighted by atomic mass is 10.1. The Balaban J connectivity index is 1.94. The molecule has 0 aliphatic carbocycles. The van der Waals surface area contributed by atoms with Gasteiger partial charge in [-0.1, -0.05) is 18.2 Å². The molecule has 0 unspecified atom stereocenters. The van der Waals surface area contributed by atoms with Crippen molar-refractivity contribution in [3.63, 3.8) is 0 Å². The normalized spacial score (nSPS) is 10.9. The molecule has 0 aliphatic heterocycles. The standard InChI is InChI=1S/C20H24N6O2/c1-4-21-18-10-17-15(9-19(18)26(27)28)20(24-12-23-17)22-11-14-7-5-6-8-16(14)25-13(2)3/h5-10,12-13,21,25H,4,11H2,1-3H3,(H,22,23,24). The highest BCUT2D eigenvalue weighted by Crippen LogP contribution is 2.32. The van der Waals surface area contributed by atoms with E-state index in [0.29, 0.717) is 41.5 Å². The van der Waals surface area contributed by atoms with E-state index in [1.165, 1.54) is 12.4 Å². The molecule has 8 nitrogen and oxygen atoms in total. The van der Waals surface area contributed by atoms with Crippen molar-refractivity contribution in [2.75, 3.05) is 22.5 Å². The Labute approximate surface area is 163 Å². The molecule has 0 radical (unpaired) electrons. The van der Waals surface area contributed by atoms with Crippen LogP contribution in [-0.4, -0.2) is 27.5 Å². The van der Waals surface area contributed by atoms with Gasteiger partial charge in [0.2, 0.25) is 0 Å². The predicted molar refractivity (Wildman–Crippen MR) is 113 cm³/mol. The van der Waals surface area contributed by atoms with Crippen molar-refractivity contribution in [3.05, 3.63) is 58.4 Å². The molecular formula is C20H24N6O2. The van der Waals surface area contributed by atoms with Crippen LogP contribution in [0.2, 0.25) is 0 Å². The van der Waals surface area contributed by atoms with Crippen LogP contribution in [-0.2, 0) is 6.54 Å². The van der Waals surface area contributed by atoms with Crippen LogP contribution in [0, 0.1) is 10.1 Å². The molecular weight excluding hydrogens is 356 g/mol. The fourth-order valence-corrected chi connectivity index (χ4v) is 3.02. The van der Waals surface area contributed by atoms with E-state index >= 15 is 0 Å². The number of nitrogens with zero attached hydrogens (tertiary/aromatic N) is 3. The van der Waals surface area contributed by atoms with Gasteiger partial charge in [0.25, 0.3) is 5.69 Å². The van der Waals surface area contributed by atoms with Gasteiger partial charge in [0.15, 0.2) is 0 Å². The summed E-state index contributed by atoms with van der Waals surface area (Å²) in [4.78, 5) is 19.7. The second-order valence-electron chi connectivity index (χ2n) is 6.71. The smallest absolute Gasteiger partial charge is 0.293 e. The summed E-state index contributed by atoms with van der Waals surface area (Å²) >= 11 is 0. The van der Waals surface area contributed by atoms with Gasteiger partial charge >= 0.3 is 0 Å². The van der Waals surface area contributed by atoms with Crippen LogP contribution in [0.1, 0.15) is 26.3 Å². The number of nitro benzene ring substituents is 1. The minimum Gasteiger partial charge on any atom is -0.383 e. The summed E-state index contributed by atoms with van der Waals surface area (Å²) in [5.41, 5.74) is 3.24. The van der Waals surface area contributed by atoms with Crippen molar-refractivity contribution in [2.45, 2.75) is 33.4 Å². The number of hydrogen-bond donors (Lipinski definition) is 3. The topological polar surface area (TPSA) is 105 Å². The number of hydrogen-bond acceptors (Lipinski definition) is 7. The average Bonchev–Trinajstić information content (AvgIpc) is 2.66. The van der Waals surface area contributed by atoms with Gasteiger partial charge < -0.3 is 16.0 Å². The third-order valence-corrected chi connectivity index (χ3v) is 4.22. The number of anilines is 3. The first-order valence-corrected chi connectivity index (χ1v) is 9.25. The van der Waals surface area contributed by atoms with Crippen molar-refractivity contribution < 1.29 is 4.92 Å². The van der Waals surface area contributed by atoms with E-state index in [9.17, 15) is 10.1 Å². The summed E-state index contributed by atoms with van der Waals surface area (Å²) in [5.74, 6) is 0.565. The summed E-state index contributed by atoms with van der Waals surface area (Å²) in [6.45, 7) is 7.18. The lowest BCUT2D eigenvalue weighted by molar-refractivity contribution is -0.383. The molecule has 0 aliphatic rings. The van der Waals surface area contributed by atoms with Gasteiger partial charge in [-0.05, 0) is 38.5 Å². The Morgan fingerprint density at radius 1 is 1.11 bits per heavy atom. The van der Waals surface area contributed by atoms with Crippen LogP contribution in [0.15, 0.2) is 42.7 Å². The number of nitro groups is 1. The largest absolute Gasteiger partial charge is 0.383 e. The molecule has 28 heavy (non-hydrogen) atoms. The van der Waals surface area contributed by atoms with E-state index in [1.54, 1.807) is 6.07 Å². The molecule has 146 valence electrons. The molecule has 0 bridgehead atoms. The van der Waals surface area contributed by atoms with Gasteiger partial charge in [0, 0.05) is 36.3 Å². The summed E-state index contributed by atoms with van der Waals surface area (Å²) in [6.07, 6.45) is 1.46. The Hall–Kier alpha value is -3.42. The molecule has 3 N–H and O–H groups in total. The zero-order valence-electron chi connectivity index (χ0n) is 16.2. The SMILES string of the molecule is CCNc1cc2ncnc(NCc3ccccc3NC(C)C)c2cc1[N+](=O)[O-]. The molecule has 0 fully saturated rings. The maximum atomic E-state index is 11.5. The monoisotopic (exact) mass is 380 g/mol. The Bertz CT molecular complexity index is 990. The Kier molecular flexibility index (Phi) is 5.88. The molecule has 0 saturated heterocycles. The van der Waals surface area contributed by atoms with Gasteiger partial charge in [-0.3, -0.25) is 10.1 Å². The van der Waals surface area contributed by atoms with E-state index in [2.05, 4.69) is 39.8 Å². The van der Waals surface area contributed by atoms with Crippen molar-refractivity contribution >= 4 is 33.8 Å². The molecule has 0 saturated carbocycles. The van der Waals surface area contributed by atoms with Gasteiger partial charge in [0.1, 0.15) is 17.8 Å². The van der Waals surface area contributed by atoms with Gasteiger partial charge in [-0.2, -0.15) is 0 Å². The number of para-hydroxylation sites is 1. The van der Waals surface area contributed by atoms with E-state index in [0.717, 1.165) is 11.3 Å². The summed E-state index contributed by atoms with van der Waals surface area (Å²) in [7, 11) is 0. The van der Waals surface area contributed by atoms with Crippen LogP contribution in [0.3, 0.4) is 0 Å². The van der Waals surface area contributed by atoms with Gasteiger partial charge in [-0.15, -0.1) is 0 Å². The van der Waals surface area contributed by atoms with Crippen LogP contribution < -0.4 is 16.0 Å². The van der Waals surface area contributed by atoms with Gasteiger partial charge in [-0.25, -0.2) is 9.97 Å². The van der Waals surface area contributed by atoms with Crippen LogP contribution in [0.25, 0.3) is 10.9 Å². The third-order valence-electron chi connectivity index (χ3n) is 4.22. The summed E-state index contributed by atoms with van der Waals surface area (Å²) in [6, 6.07) is 11.6. The minimum atomic E-state index is -0.393. The molecule has 0 amide bonds. The molecule has 3 aromatic rings. The lowest BCUT2D eigenvalue weighted by Crippen LogP contribution is -2.13. The first-order chi connectivity index (χ1) is 13.5. The van der Waals surface area contributed by atoms with Crippen molar-refractivity contribution in [2.24, 2.45) is 0 Å². The summed E-state index contributed by atoms with van der Waals surface area (Å²) < 4.78 is 0. The van der Waals surface area contributed by atoms with Crippen LogP contribution in [0.4, 0.5) is 22.9 Å². The second-order valence-corrected chi connectivity index (χ2v) is 6.71. The minimum absolute atomic E-state index is 0.00840. The first-order valence-electron chi connectivity index (χ1n) is 9.25. The number of rotatable bonds is 8. The maximum absolute atomic E-state index is 11.5. The first kappa shape index (κ1) is 19.3. The molecule has 0 atom stereocenters. The Morgan fingerprint density at radius 3 is 2.61 bits per heavy atom. The zero-order chi connectivity index (χ0) is 20.1. The number of aromatic nitrogens is 2. The van der Waals surface area contributed by atoms with Crippen molar-refractivity contribution in [3.8, 4) is 0 Å². The molecule has 3 rings (SSSR count). The fourth-order valence-electron chi connectivity index (χ4n) is 3.02.